The molecule has 1 amide bonds. The van der Waals surface area contributed by atoms with Gasteiger partial charge < -0.3 is 10.2 Å². The van der Waals surface area contributed by atoms with Gasteiger partial charge in [0.05, 0.1) is 11.8 Å². The minimum absolute atomic E-state index is 0.0262. The van der Waals surface area contributed by atoms with E-state index >= 15 is 0 Å². The molecule has 1 unspecified atom stereocenters. The Kier molecular flexibility index (Phi) is 5.62. The minimum Gasteiger partial charge on any atom is -0.341 e. The minimum atomic E-state index is -3.14. The van der Waals surface area contributed by atoms with Gasteiger partial charge in [0.2, 0.25) is 15.9 Å². The number of sulfonamides is 1. The van der Waals surface area contributed by atoms with Crippen molar-refractivity contribution in [2.24, 2.45) is 0 Å². The van der Waals surface area contributed by atoms with Crippen molar-refractivity contribution in [3.63, 3.8) is 0 Å². The molecular weight excluding hydrogens is 290 g/mol. The Morgan fingerprint density at radius 1 is 1.24 bits per heavy atom. The van der Waals surface area contributed by atoms with Crippen LogP contribution in [-0.2, 0) is 14.8 Å². The molecule has 21 heavy (non-hydrogen) atoms. The molecule has 0 aromatic heterocycles. The van der Waals surface area contributed by atoms with Crippen LogP contribution >= 0.6 is 0 Å². The van der Waals surface area contributed by atoms with Crippen LogP contribution in [0.2, 0.25) is 0 Å². The predicted molar refractivity (Wildman–Crippen MR) is 82.5 cm³/mol. The largest absolute Gasteiger partial charge is 0.341 e. The zero-order chi connectivity index (χ0) is 15.5. The van der Waals surface area contributed by atoms with Gasteiger partial charge in [0.1, 0.15) is 0 Å². The van der Waals surface area contributed by atoms with Crippen LogP contribution in [-0.4, -0.2) is 68.0 Å². The third-order valence-electron chi connectivity index (χ3n) is 4.70. The fraction of sp³-hybridized carbons (Fsp3) is 0.929. The van der Waals surface area contributed by atoms with Gasteiger partial charge in [0, 0.05) is 26.2 Å². The van der Waals surface area contributed by atoms with Crippen LogP contribution in [0.25, 0.3) is 0 Å². The number of carbonyl (C=O) groups is 1. The normalized spacial score (nSPS) is 25.3. The molecule has 6 nitrogen and oxygen atoms in total. The molecule has 122 valence electrons. The number of piperidine rings is 2. The van der Waals surface area contributed by atoms with Gasteiger partial charge in [-0.15, -0.1) is 0 Å². The van der Waals surface area contributed by atoms with Crippen LogP contribution in [0.4, 0.5) is 0 Å². The second kappa shape index (κ2) is 7.07. The highest BCUT2D eigenvalue weighted by Crippen LogP contribution is 2.20. The Bertz CT molecular complexity index is 452. The molecule has 0 aromatic carbocycles. The molecule has 0 spiro atoms. The highest BCUT2D eigenvalue weighted by molar-refractivity contribution is 7.89. The molecule has 0 saturated carbocycles. The summed E-state index contributed by atoms with van der Waals surface area (Å²) in [5, 5.41) is 3.29. The molecule has 7 heteroatoms. The lowest BCUT2D eigenvalue weighted by atomic mass is 10.0. The van der Waals surface area contributed by atoms with Crippen molar-refractivity contribution >= 4 is 15.9 Å². The number of nitrogens with zero attached hydrogens (tertiary/aromatic N) is 2. The van der Waals surface area contributed by atoms with Gasteiger partial charge in [0.25, 0.3) is 0 Å². The molecule has 2 heterocycles. The van der Waals surface area contributed by atoms with E-state index in [1.807, 2.05) is 4.90 Å². The first-order chi connectivity index (χ1) is 9.95. The summed E-state index contributed by atoms with van der Waals surface area (Å²) >= 11 is 0. The number of likely N-dealkylation sites (tertiary alicyclic amines) is 1. The van der Waals surface area contributed by atoms with Crippen LogP contribution < -0.4 is 5.32 Å². The number of hydrogen-bond acceptors (Lipinski definition) is 4. The number of nitrogens with one attached hydrogen (secondary N) is 1. The highest BCUT2D eigenvalue weighted by atomic mass is 32.2. The standard InChI is InChI=1S/C14H27N3O3S/c1-3-21(19,20)16(2)12-7-10-17(11-8-12)14(18)13-6-4-5-9-15-13/h12-13,15H,3-11H2,1-2H3. The number of carbonyl (C=O) groups excluding carboxylic acids is 1. The van der Waals surface area contributed by atoms with E-state index in [2.05, 4.69) is 5.32 Å². The summed E-state index contributed by atoms with van der Waals surface area (Å²) in [6, 6.07) is -0.00859. The summed E-state index contributed by atoms with van der Waals surface area (Å²) in [7, 11) is -1.48. The quantitative estimate of drug-likeness (QED) is 0.815. The molecule has 0 radical (unpaired) electrons. The highest BCUT2D eigenvalue weighted by Gasteiger charge is 2.32. The molecule has 2 saturated heterocycles. The zero-order valence-electron chi connectivity index (χ0n) is 13.0. The molecule has 0 bridgehead atoms. The van der Waals surface area contributed by atoms with Crippen LogP contribution in [0.15, 0.2) is 0 Å². The maximum Gasteiger partial charge on any atom is 0.239 e. The predicted octanol–water partition coefficient (Wildman–Crippen LogP) is 0.401. The van der Waals surface area contributed by atoms with E-state index in [-0.39, 0.29) is 23.7 Å². The van der Waals surface area contributed by atoms with E-state index in [1.54, 1.807) is 14.0 Å². The van der Waals surface area contributed by atoms with E-state index in [0.717, 1.165) is 38.6 Å². The first kappa shape index (κ1) is 16.7. The van der Waals surface area contributed by atoms with Crippen molar-refractivity contribution in [2.75, 3.05) is 32.4 Å². The SMILES string of the molecule is CCS(=O)(=O)N(C)C1CCN(C(=O)C2CCCCN2)CC1. The Morgan fingerprint density at radius 3 is 2.43 bits per heavy atom. The molecule has 2 aliphatic rings. The first-order valence-electron chi connectivity index (χ1n) is 7.93. The Labute approximate surface area is 127 Å². The summed E-state index contributed by atoms with van der Waals surface area (Å²) in [4.78, 5) is 14.3. The van der Waals surface area contributed by atoms with E-state index in [1.165, 1.54) is 4.31 Å². The van der Waals surface area contributed by atoms with E-state index in [4.69, 9.17) is 0 Å². The third-order valence-corrected chi connectivity index (χ3v) is 6.61. The Hall–Kier alpha value is -0.660. The third kappa shape index (κ3) is 3.96. The van der Waals surface area contributed by atoms with Gasteiger partial charge in [-0.2, -0.15) is 0 Å². The smallest absolute Gasteiger partial charge is 0.239 e. The van der Waals surface area contributed by atoms with Crippen molar-refractivity contribution in [3.05, 3.63) is 0 Å². The monoisotopic (exact) mass is 317 g/mol. The summed E-state index contributed by atoms with van der Waals surface area (Å²) in [6.07, 6.45) is 4.63. The van der Waals surface area contributed by atoms with Crippen LogP contribution in [0.3, 0.4) is 0 Å². The first-order valence-corrected chi connectivity index (χ1v) is 9.54. The topological polar surface area (TPSA) is 69.7 Å². The summed E-state index contributed by atoms with van der Waals surface area (Å²) < 4.78 is 25.3. The van der Waals surface area contributed by atoms with Gasteiger partial charge >= 0.3 is 0 Å². The van der Waals surface area contributed by atoms with Crippen molar-refractivity contribution < 1.29 is 13.2 Å². The molecule has 0 aromatic rings. The average Bonchev–Trinajstić information content (AvgIpc) is 2.54. The van der Waals surface area contributed by atoms with Crippen LogP contribution in [0.5, 0.6) is 0 Å². The fourth-order valence-electron chi connectivity index (χ4n) is 3.16. The van der Waals surface area contributed by atoms with Crippen molar-refractivity contribution in [1.82, 2.24) is 14.5 Å². The molecular formula is C14H27N3O3S. The molecule has 0 aliphatic carbocycles. The molecule has 2 aliphatic heterocycles. The Balaban J connectivity index is 1.86. The van der Waals surface area contributed by atoms with Gasteiger partial charge in [-0.05, 0) is 39.2 Å². The van der Waals surface area contributed by atoms with Crippen molar-refractivity contribution in [3.8, 4) is 0 Å². The second-order valence-electron chi connectivity index (χ2n) is 5.98. The second-order valence-corrected chi connectivity index (χ2v) is 8.29. The number of amides is 1. The lowest BCUT2D eigenvalue weighted by Crippen LogP contribution is -2.53. The van der Waals surface area contributed by atoms with Crippen molar-refractivity contribution in [2.45, 2.75) is 51.1 Å². The lowest BCUT2D eigenvalue weighted by molar-refractivity contribution is -0.135. The van der Waals surface area contributed by atoms with Gasteiger partial charge in [-0.3, -0.25) is 4.79 Å². The molecule has 1 N–H and O–H groups in total. The average molecular weight is 317 g/mol. The maximum absolute atomic E-state index is 12.4. The van der Waals surface area contributed by atoms with Crippen molar-refractivity contribution in [1.29, 1.82) is 0 Å². The summed E-state index contributed by atoms with van der Waals surface area (Å²) in [5.41, 5.74) is 0. The molecule has 2 fully saturated rings. The van der Waals surface area contributed by atoms with Gasteiger partial charge in [0.15, 0.2) is 0 Å². The fourth-order valence-corrected chi connectivity index (χ4v) is 4.24. The van der Waals surface area contributed by atoms with Gasteiger partial charge in [-0.1, -0.05) is 6.42 Å². The summed E-state index contributed by atoms with van der Waals surface area (Å²) in [5.74, 6) is 0.323. The van der Waals surface area contributed by atoms with Gasteiger partial charge in [-0.25, -0.2) is 12.7 Å². The van der Waals surface area contributed by atoms with Crippen LogP contribution in [0.1, 0.15) is 39.0 Å². The summed E-state index contributed by atoms with van der Waals surface area (Å²) in [6.45, 7) is 3.90. The zero-order valence-corrected chi connectivity index (χ0v) is 13.9. The van der Waals surface area contributed by atoms with Crippen LogP contribution in [0, 0.1) is 0 Å². The van der Waals surface area contributed by atoms with E-state index in [0.29, 0.717) is 13.1 Å². The number of hydrogen-bond donors (Lipinski definition) is 1. The van der Waals surface area contributed by atoms with E-state index in [9.17, 15) is 13.2 Å². The lowest BCUT2D eigenvalue weighted by Gasteiger charge is -2.38. The maximum atomic E-state index is 12.4. The molecule has 1 atom stereocenters. The number of rotatable bonds is 4. The molecule has 2 rings (SSSR count). The Morgan fingerprint density at radius 2 is 1.90 bits per heavy atom. The van der Waals surface area contributed by atoms with E-state index < -0.39 is 10.0 Å².